The maximum atomic E-state index is 2.42. The number of rotatable bonds is 0. The molecule has 1 aliphatic carbocycles. The van der Waals surface area contributed by atoms with Crippen LogP contribution in [0.5, 0.6) is 0 Å². The summed E-state index contributed by atoms with van der Waals surface area (Å²) in [4.78, 5) is 0. The molecule has 0 saturated heterocycles. The van der Waals surface area contributed by atoms with Gasteiger partial charge in [0.25, 0.3) is 0 Å². The zero-order chi connectivity index (χ0) is 11.5. The van der Waals surface area contributed by atoms with E-state index >= 15 is 0 Å². The third-order valence-corrected chi connectivity index (χ3v) is 3.81. The van der Waals surface area contributed by atoms with E-state index in [2.05, 4.69) is 19.1 Å². The van der Waals surface area contributed by atoms with Gasteiger partial charge in [-0.3, -0.25) is 0 Å². The van der Waals surface area contributed by atoms with Gasteiger partial charge in [-0.05, 0) is 31.6 Å². The molecule has 0 heteroatoms. The van der Waals surface area contributed by atoms with Crippen LogP contribution in [0.25, 0.3) is 0 Å². The second-order valence-electron chi connectivity index (χ2n) is 5.56. The maximum Gasteiger partial charge on any atom is -0.0348 e. The highest BCUT2D eigenvalue weighted by molar-refractivity contribution is 4.82. The first-order valence-corrected chi connectivity index (χ1v) is 7.54. The molecule has 1 rings (SSSR count). The lowest BCUT2D eigenvalue weighted by Crippen LogP contribution is -1.93. The third kappa shape index (κ3) is 7.96. The molecule has 1 atom stereocenters. The minimum atomic E-state index is 0.940. The molecule has 0 bridgehead atoms. The van der Waals surface area contributed by atoms with Crippen molar-refractivity contribution in [2.45, 2.75) is 84.0 Å². The van der Waals surface area contributed by atoms with Crippen molar-refractivity contribution in [1.29, 1.82) is 0 Å². The molecule has 0 radical (unpaired) electrons. The predicted octanol–water partition coefficient (Wildman–Crippen LogP) is 5.87. The van der Waals surface area contributed by atoms with Gasteiger partial charge in [0.15, 0.2) is 0 Å². The smallest absolute Gasteiger partial charge is 0.0348 e. The van der Waals surface area contributed by atoms with Gasteiger partial charge in [0.2, 0.25) is 0 Å². The van der Waals surface area contributed by atoms with Crippen LogP contribution in [0.2, 0.25) is 0 Å². The largest absolute Gasteiger partial charge is 0.0885 e. The fourth-order valence-electron chi connectivity index (χ4n) is 2.58. The summed E-state index contributed by atoms with van der Waals surface area (Å²) in [5.41, 5.74) is 0. The average molecular weight is 222 g/mol. The summed E-state index contributed by atoms with van der Waals surface area (Å²) in [5, 5.41) is 0. The van der Waals surface area contributed by atoms with E-state index in [-0.39, 0.29) is 0 Å². The summed E-state index contributed by atoms with van der Waals surface area (Å²) >= 11 is 0. The molecule has 0 fully saturated rings. The normalized spacial score (nSPS) is 26.9. The van der Waals surface area contributed by atoms with Crippen LogP contribution >= 0.6 is 0 Å². The van der Waals surface area contributed by atoms with Gasteiger partial charge in [-0.1, -0.05) is 70.4 Å². The van der Waals surface area contributed by atoms with Crippen molar-refractivity contribution in [3.63, 3.8) is 0 Å². The molecule has 0 saturated carbocycles. The predicted molar refractivity (Wildman–Crippen MR) is 73.7 cm³/mol. The molecular formula is C16H30. The monoisotopic (exact) mass is 222 g/mol. The Hall–Kier alpha value is -0.260. The summed E-state index contributed by atoms with van der Waals surface area (Å²) in [6, 6.07) is 0. The Bertz CT molecular complexity index is 169. The van der Waals surface area contributed by atoms with Crippen molar-refractivity contribution in [3.8, 4) is 0 Å². The summed E-state index contributed by atoms with van der Waals surface area (Å²) in [7, 11) is 0. The Kier molecular flexibility index (Phi) is 8.57. The van der Waals surface area contributed by atoms with Crippen LogP contribution in [0.3, 0.4) is 0 Å². The second-order valence-corrected chi connectivity index (χ2v) is 5.56. The van der Waals surface area contributed by atoms with Crippen molar-refractivity contribution < 1.29 is 0 Å². The highest BCUT2D eigenvalue weighted by Crippen LogP contribution is 2.17. The Labute approximate surface area is 103 Å². The molecule has 0 heterocycles. The standard InChI is InChI=1S/C16H30/c1-16-14-12-10-8-6-4-2-3-5-7-9-11-13-15-16/h8,10,16H,2-7,9,11-15H2,1H3. The van der Waals surface area contributed by atoms with Crippen molar-refractivity contribution in [3.05, 3.63) is 12.2 Å². The topological polar surface area (TPSA) is 0 Å². The Morgan fingerprint density at radius 1 is 0.625 bits per heavy atom. The molecule has 0 N–H and O–H groups in total. The minimum Gasteiger partial charge on any atom is -0.0885 e. The van der Waals surface area contributed by atoms with Crippen LogP contribution in [0.1, 0.15) is 84.0 Å². The molecule has 0 aromatic carbocycles. The quantitative estimate of drug-likeness (QED) is 0.449. The van der Waals surface area contributed by atoms with Gasteiger partial charge in [0.1, 0.15) is 0 Å². The SMILES string of the molecule is CC1CCC=CCCCCCCCCCC1. The second kappa shape index (κ2) is 9.93. The highest BCUT2D eigenvalue weighted by Gasteiger charge is 2.01. The van der Waals surface area contributed by atoms with E-state index in [0.29, 0.717) is 0 Å². The first-order chi connectivity index (χ1) is 7.89. The van der Waals surface area contributed by atoms with Crippen LogP contribution < -0.4 is 0 Å². The lowest BCUT2D eigenvalue weighted by Gasteiger charge is -2.09. The van der Waals surface area contributed by atoms with Crippen molar-refractivity contribution in [2.75, 3.05) is 0 Å². The summed E-state index contributed by atoms with van der Waals surface area (Å²) in [6.45, 7) is 2.42. The molecule has 94 valence electrons. The van der Waals surface area contributed by atoms with Gasteiger partial charge in [0.05, 0.1) is 0 Å². The van der Waals surface area contributed by atoms with Gasteiger partial charge in [0, 0.05) is 0 Å². The van der Waals surface area contributed by atoms with E-state index in [1.54, 1.807) is 0 Å². The molecule has 1 unspecified atom stereocenters. The lowest BCUT2D eigenvalue weighted by atomic mass is 9.97. The molecule has 0 aliphatic heterocycles. The van der Waals surface area contributed by atoms with E-state index in [9.17, 15) is 0 Å². The Balaban J connectivity index is 2.18. The lowest BCUT2D eigenvalue weighted by molar-refractivity contribution is 0.458. The fourth-order valence-corrected chi connectivity index (χ4v) is 2.58. The molecular weight excluding hydrogens is 192 g/mol. The molecule has 0 aromatic rings. The first kappa shape index (κ1) is 13.8. The van der Waals surface area contributed by atoms with E-state index in [4.69, 9.17) is 0 Å². The molecule has 0 nitrogen and oxygen atoms in total. The van der Waals surface area contributed by atoms with Gasteiger partial charge in [-0.25, -0.2) is 0 Å². The van der Waals surface area contributed by atoms with E-state index in [1.165, 1.54) is 77.0 Å². The van der Waals surface area contributed by atoms with Crippen LogP contribution in [0.4, 0.5) is 0 Å². The van der Waals surface area contributed by atoms with Gasteiger partial charge >= 0.3 is 0 Å². The summed E-state index contributed by atoms with van der Waals surface area (Å²) in [5.74, 6) is 0.940. The molecule has 0 aromatic heterocycles. The van der Waals surface area contributed by atoms with Crippen LogP contribution in [0.15, 0.2) is 12.2 Å². The molecule has 16 heavy (non-hydrogen) atoms. The van der Waals surface area contributed by atoms with E-state index in [0.717, 1.165) is 5.92 Å². The molecule has 1 aliphatic rings. The van der Waals surface area contributed by atoms with Crippen LogP contribution in [-0.2, 0) is 0 Å². The summed E-state index contributed by atoms with van der Waals surface area (Å²) < 4.78 is 0. The van der Waals surface area contributed by atoms with Gasteiger partial charge < -0.3 is 0 Å². The van der Waals surface area contributed by atoms with Crippen LogP contribution in [0, 0.1) is 5.92 Å². The van der Waals surface area contributed by atoms with Crippen molar-refractivity contribution >= 4 is 0 Å². The van der Waals surface area contributed by atoms with E-state index < -0.39 is 0 Å². The fraction of sp³-hybridized carbons (Fsp3) is 0.875. The van der Waals surface area contributed by atoms with E-state index in [1.807, 2.05) is 0 Å². The molecule has 0 amide bonds. The molecule has 0 spiro atoms. The third-order valence-electron chi connectivity index (χ3n) is 3.81. The van der Waals surface area contributed by atoms with Crippen LogP contribution in [-0.4, -0.2) is 0 Å². The zero-order valence-corrected chi connectivity index (χ0v) is 11.2. The first-order valence-electron chi connectivity index (χ1n) is 7.54. The number of hydrogen-bond acceptors (Lipinski definition) is 0. The van der Waals surface area contributed by atoms with Gasteiger partial charge in [-0.2, -0.15) is 0 Å². The Morgan fingerprint density at radius 3 is 1.94 bits per heavy atom. The van der Waals surface area contributed by atoms with Crippen molar-refractivity contribution in [1.82, 2.24) is 0 Å². The maximum absolute atomic E-state index is 2.42. The summed E-state index contributed by atoms with van der Waals surface area (Å²) in [6.07, 6.45) is 22.0. The number of hydrogen-bond donors (Lipinski definition) is 0. The average Bonchev–Trinajstić information content (AvgIpc) is 2.29. The number of allylic oxidation sites excluding steroid dienone is 2. The zero-order valence-electron chi connectivity index (χ0n) is 11.2. The van der Waals surface area contributed by atoms with Gasteiger partial charge in [-0.15, -0.1) is 0 Å². The highest BCUT2D eigenvalue weighted by atomic mass is 14.1. The minimum absolute atomic E-state index is 0.940. The van der Waals surface area contributed by atoms with Crippen molar-refractivity contribution in [2.24, 2.45) is 5.92 Å². The Morgan fingerprint density at radius 2 is 1.19 bits per heavy atom.